The third-order valence-corrected chi connectivity index (χ3v) is 5.93. The number of pyridine rings is 2. The van der Waals surface area contributed by atoms with E-state index < -0.39 is 5.60 Å². The molecule has 4 heterocycles. The highest BCUT2D eigenvalue weighted by Gasteiger charge is 2.39. The summed E-state index contributed by atoms with van der Waals surface area (Å²) in [6, 6.07) is 14.9. The van der Waals surface area contributed by atoms with E-state index in [9.17, 15) is 5.11 Å². The predicted octanol–water partition coefficient (Wildman–Crippen LogP) is 5.03. The quantitative estimate of drug-likeness (QED) is 0.398. The Hall–Kier alpha value is -3.84. The molecular weight excluding hydrogens is 414 g/mol. The molecule has 7 nitrogen and oxygen atoms in total. The fourth-order valence-electron chi connectivity index (χ4n) is 4.29. The van der Waals surface area contributed by atoms with Crippen molar-refractivity contribution in [2.75, 3.05) is 0 Å². The smallest absolute Gasteiger partial charge is 0.176 e. The Bertz CT molecular complexity index is 1360. The van der Waals surface area contributed by atoms with E-state index in [2.05, 4.69) is 34.0 Å². The molecule has 1 aromatic carbocycles. The topological polar surface area (TPSA) is 101 Å². The van der Waals surface area contributed by atoms with Crippen LogP contribution < -0.4 is 0 Å². The average molecular weight is 440 g/mol. The summed E-state index contributed by atoms with van der Waals surface area (Å²) in [5.74, 6) is 1.73. The number of hydrogen-bond donors (Lipinski definition) is 2. The summed E-state index contributed by atoms with van der Waals surface area (Å²) in [4.78, 5) is 17.4. The molecule has 0 bridgehead atoms. The first-order chi connectivity index (χ1) is 15.9. The van der Waals surface area contributed by atoms with Gasteiger partial charge in [-0.15, -0.1) is 0 Å². The SMILES string of the molecule is Cc1noc(C)c1-c1cc(C(O)(c2ccccn2)c2ccccn2)c2nc(C(C)C)[nH]c2c1. The number of aromatic nitrogens is 5. The van der Waals surface area contributed by atoms with Crippen molar-refractivity contribution >= 4 is 11.0 Å². The van der Waals surface area contributed by atoms with E-state index in [0.717, 1.165) is 28.2 Å². The number of benzene rings is 1. The number of aryl methyl sites for hydroxylation is 2. The number of nitrogens with zero attached hydrogens (tertiary/aromatic N) is 4. The fourth-order valence-corrected chi connectivity index (χ4v) is 4.29. The second-order valence-corrected chi connectivity index (χ2v) is 8.54. The number of aromatic amines is 1. The number of rotatable bonds is 5. The Balaban J connectivity index is 1.90. The normalized spacial score (nSPS) is 12.1. The van der Waals surface area contributed by atoms with Crippen LogP contribution in [0, 0.1) is 13.8 Å². The molecular formula is C26H25N5O2. The van der Waals surface area contributed by atoms with Crippen LogP contribution in [0.4, 0.5) is 0 Å². The van der Waals surface area contributed by atoms with Crippen molar-refractivity contribution in [3.05, 3.63) is 95.2 Å². The molecule has 7 heteroatoms. The predicted molar refractivity (Wildman–Crippen MR) is 126 cm³/mol. The van der Waals surface area contributed by atoms with E-state index in [0.29, 0.717) is 28.2 Å². The van der Waals surface area contributed by atoms with E-state index in [1.54, 1.807) is 24.5 Å². The van der Waals surface area contributed by atoms with Crippen molar-refractivity contribution in [1.82, 2.24) is 25.1 Å². The van der Waals surface area contributed by atoms with Gasteiger partial charge in [-0.25, -0.2) is 4.98 Å². The van der Waals surface area contributed by atoms with Crippen molar-refractivity contribution in [2.24, 2.45) is 0 Å². The van der Waals surface area contributed by atoms with Crippen molar-refractivity contribution in [2.45, 2.75) is 39.2 Å². The Morgan fingerprint density at radius 2 is 1.64 bits per heavy atom. The van der Waals surface area contributed by atoms with Crippen LogP contribution in [0.3, 0.4) is 0 Å². The monoisotopic (exact) mass is 439 g/mol. The molecule has 0 saturated carbocycles. The third-order valence-electron chi connectivity index (χ3n) is 5.93. The first-order valence-corrected chi connectivity index (χ1v) is 10.9. The zero-order valence-corrected chi connectivity index (χ0v) is 19.0. The van der Waals surface area contributed by atoms with Crippen LogP contribution in [-0.4, -0.2) is 30.2 Å². The molecule has 0 amide bonds. The lowest BCUT2D eigenvalue weighted by atomic mass is 9.83. The molecule has 5 aromatic rings. The summed E-state index contributed by atoms with van der Waals surface area (Å²) in [5, 5.41) is 16.5. The molecule has 0 aliphatic rings. The molecule has 0 fully saturated rings. The molecule has 0 saturated heterocycles. The van der Waals surface area contributed by atoms with Crippen LogP contribution in [0.5, 0.6) is 0 Å². The van der Waals surface area contributed by atoms with E-state index in [-0.39, 0.29) is 5.92 Å². The molecule has 0 spiro atoms. The molecule has 2 N–H and O–H groups in total. The molecule has 0 aliphatic carbocycles. The van der Waals surface area contributed by atoms with Gasteiger partial charge in [-0.05, 0) is 55.8 Å². The van der Waals surface area contributed by atoms with Crippen LogP contribution in [0.1, 0.15) is 54.0 Å². The summed E-state index contributed by atoms with van der Waals surface area (Å²) in [6.45, 7) is 7.95. The van der Waals surface area contributed by atoms with Crippen LogP contribution in [0.25, 0.3) is 22.2 Å². The first kappa shape index (κ1) is 21.0. The Morgan fingerprint density at radius 1 is 0.970 bits per heavy atom. The molecule has 0 radical (unpaired) electrons. The maximum Gasteiger partial charge on any atom is 0.176 e. The molecule has 5 rings (SSSR count). The zero-order chi connectivity index (χ0) is 23.2. The molecule has 0 aliphatic heterocycles. The number of hydrogen-bond acceptors (Lipinski definition) is 6. The summed E-state index contributed by atoms with van der Waals surface area (Å²) in [6.07, 6.45) is 3.34. The van der Waals surface area contributed by atoms with Gasteiger partial charge in [0.2, 0.25) is 0 Å². The van der Waals surface area contributed by atoms with Gasteiger partial charge in [0.25, 0.3) is 0 Å². The van der Waals surface area contributed by atoms with Crippen LogP contribution in [-0.2, 0) is 5.60 Å². The molecule has 0 atom stereocenters. The first-order valence-electron chi connectivity index (χ1n) is 10.9. The van der Waals surface area contributed by atoms with Crippen LogP contribution in [0.15, 0.2) is 65.4 Å². The number of nitrogens with one attached hydrogen (secondary N) is 1. The van der Waals surface area contributed by atoms with Gasteiger partial charge in [0.05, 0.1) is 28.1 Å². The van der Waals surface area contributed by atoms with E-state index in [4.69, 9.17) is 9.51 Å². The fraction of sp³-hybridized carbons (Fsp3) is 0.231. The van der Waals surface area contributed by atoms with E-state index in [1.807, 2.05) is 50.2 Å². The second kappa shape index (κ2) is 7.94. The van der Waals surface area contributed by atoms with E-state index >= 15 is 0 Å². The summed E-state index contributed by atoms with van der Waals surface area (Å²) < 4.78 is 5.44. The van der Waals surface area contributed by atoms with Crippen molar-refractivity contribution in [1.29, 1.82) is 0 Å². The summed E-state index contributed by atoms with van der Waals surface area (Å²) in [5.41, 5.74) is 3.94. The lowest BCUT2D eigenvalue weighted by Crippen LogP contribution is -2.31. The van der Waals surface area contributed by atoms with Crippen LogP contribution >= 0.6 is 0 Å². The zero-order valence-electron chi connectivity index (χ0n) is 19.0. The van der Waals surface area contributed by atoms with Gasteiger partial charge in [0, 0.05) is 29.4 Å². The van der Waals surface area contributed by atoms with Crippen molar-refractivity contribution < 1.29 is 9.63 Å². The number of aliphatic hydroxyl groups is 1. The van der Waals surface area contributed by atoms with Gasteiger partial charge >= 0.3 is 0 Å². The number of fused-ring (bicyclic) bond motifs is 1. The lowest BCUT2D eigenvalue weighted by molar-refractivity contribution is 0.117. The van der Waals surface area contributed by atoms with Gasteiger partial charge in [0.15, 0.2) is 5.60 Å². The van der Waals surface area contributed by atoms with Crippen molar-refractivity contribution in [3.63, 3.8) is 0 Å². The van der Waals surface area contributed by atoms with Crippen LogP contribution in [0.2, 0.25) is 0 Å². The highest BCUT2D eigenvalue weighted by molar-refractivity contribution is 5.88. The largest absolute Gasteiger partial charge is 0.373 e. The van der Waals surface area contributed by atoms with Crippen molar-refractivity contribution in [3.8, 4) is 11.1 Å². The van der Waals surface area contributed by atoms with Gasteiger partial charge in [-0.3, -0.25) is 9.97 Å². The number of H-pyrrole nitrogens is 1. The highest BCUT2D eigenvalue weighted by Crippen LogP contribution is 2.41. The Kier molecular flexibility index (Phi) is 5.06. The van der Waals surface area contributed by atoms with Gasteiger partial charge in [-0.1, -0.05) is 31.1 Å². The van der Waals surface area contributed by atoms with Gasteiger partial charge in [0.1, 0.15) is 11.6 Å². The van der Waals surface area contributed by atoms with Gasteiger partial charge in [-0.2, -0.15) is 0 Å². The Morgan fingerprint density at radius 3 is 2.15 bits per heavy atom. The average Bonchev–Trinajstić information content (AvgIpc) is 3.42. The van der Waals surface area contributed by atoms with Gasteiger partial charge < -0.3 is 14.6 Å². The highest BCUT2D eigenvalue weighted by atomic mass is 16.5. The molecule has 0 unspecified atom stereocenters. The number of imidazole rings is 1. The molecule has 166 valence electrons. The minimum Gasteiger partial charge on any atom is -0.373 e. The second-order valence-electron chi connectivity index (χ2n) is 8.54. The molecule has 4 aromatic heterocycles. The minimum absolute atomic E-state index is 0.186. The Labute approximate surface area is 191 Å². The molecule has 33 heavy (non-hydrogen) atoms. The third kappa shape index (κ3) is 3.41. The maximum absolute atomic E-state index is 12.4. The maximum atomic E-state index is 12.4. The standard InChI is InChI=1S/C26H25N5O2/c1-15(2)25-29-20-14-18(23-16(3)31-33-17(23)4)13-19(24(20)30-25)26(32,21-9-5-7-11-27-21)22-10-6-8-12-28-22/h5-15,32H,1-4H3,(H,29,30). The lowest BCUT2D eigenvalue weighted by Gasteiger charge is -2.28. The summed E-state index contributed by atoms with van der Waals surface area (Å²) in [7, 11) is 0. The van der Waals surface area contributed by atoms with E-state index in [1.165, 1.54) is 0 Å². The summed E-state index contributed by atoms with van der Waals surface area (Å²) >= 11 is 0. The minimum atomic E-state index is -1.63.